The van der Waals surface area contributed by atoms with Gasteiger partial charge in [0.15, 0.2) is 11.7 Å². The first-order valence-electron chi connectivity index (χ1n) is 9.37. The average Bonchev–Trinajstić information content (AvgIpc) is 3.16. The summed E-state index contributed by atoms with van der Waals surface area (Å²) in [7, 11) is 0. The number of nitrogens with one attached hydrogen (secondary N) is 1. The monoisotopic (exact) mass is 361 g/mol. The van der Waals surface area contributed by atoms with Gasteiger partial charge in [-0.05, 0) is 42.5 Å². The summed E-state index contributed by atoms with van der Waals surface area (Å²) in [6.45, 7) is 0. The number of amides is 1. The Balaban J connectivity index is 1.35. The number of oxazole rings is 1. The molecule has 1 unspecified atom stereocenters. The molecule has 0 saturated carbocycles. The van der Waals surface area contributed by atoms with Gasteiger partial charge in [-0.1, -0.05) is 36.4 Å². The molecule has 0 aliphatic heterocycles. The molecule has 1 amide bonds. The molecule has 0 bridgehead atoms. The van der Waals surface area contributed by atoms with E-state index in [-0.39, 0.29) is 11.9 Å². The van der Waals surface area contributed by atoms with Gasteiger partial charge in [-0.15, -0.1) is 0 Å². The van der Waals surface area contributed by atoms with Gasteiger partial charge in [0.2, 0.25) is 5.91 Å². The van der Waals surface area contributed by atoms with Crippen molar-refractivity contribution in [3.05, 3.63) is 71.7 Å². The van der Waals surface area contributed by atoms with E-state index in [1.165, 1.54) is 11.1 Å². The average molecular weight is 361 g/mol. The van der Waals surface area contributed by atoms with Gasteiger partial charge in [0.05, 0.1) is 12.2 Å². The molecule has 3 aromatic rings. The van der Waals surface area contributed by atoms with E-state index in [2.05, 4.69) is 10.3 Å². The Hall–Kier alpha value is -3.08. The fourth-order valence-corrected chi connectivity index (χ4v) is 3.63. The fourth-order valence-electron chi connectivity index (χ4n) is 3.63. The van der Waals surface area contributed by atoms with Crippen LogP contribution in [-0.4, -0.2) is 10.9 Å². The Bertz CT molecular complexity index is 934. The normalized spacial score (nSPS) is 15.9. The summed E-state index contributed by atoms with van der Waals surface area (Å²) in [5.41, 5.74) is 10.1. The molecule has 2 aromatic carbocycles. The molecule has 0 spiro atoms. The summed E-state index contributed by atoms with van der Waals surface area (Å²) in [5, 5.41) is 3.15. The van der Waals surface area contributed by atoms with Crippen LogP contribution in [0.3, 0.4) is 0 Å². The number of benzene rings is 2. The molecule has 4 rings (SSSR count). The first kappa shape index (κ1) is 17.3. The van der Waals surface area contributed by atoms with Crippen LogP contribution in [0.5, 0.6) is 0 Å². The predicted molar refractivity (Wildman–Crippen MR) is 105 cm³/mol. The van der Waals surface area contributed by atoms with Crippen molar-refractivity contribution in [3.8, 4) is 11.3 Å². The van der Waals surface area contributed by atoms with Crippen LogP contribution < -0.4 is 11.1 Å². The van der Waals surface area contributed by atoms with Gasteiger partial charge in [0.25, 0.3) is 0 Å². The van der Waals surface area contributed by atoms with E-state index in [1.807, 2.05) is 48.5 Å². The predicted octanol–water partition coefficient (Wildman–Crippen LogP) is 4.05. The van der Waals surface area contributed by atoms with E-state index in [9.17, 15) is 4.79 Å². The molecule has 5 nitrogen and oxygen atoms in total. The molecule has 138 valence electrons. The number of rotatable bonds is 5. The minimum Gasteiger partial charge on any atom is -0.441 e. The molecule has 5 heteroatoms. The second kappa shape index (κ2) is 7.66. The standard InChI is InChI=1S/C22H23N3O2/c23-17-9-10-18-16(13-17)7-4-8-19(18)25-21(26)11-12-22-24-14-20(27-22)15-5-2-1-3-6-15/h1-3,5-6,9-10,13-14,19H,4,7-8,11-12,23H2,(H,25,26). The maximum Gasteiger partial charge on any atom is 0.220 e. The van der Waals surface area contributed by atoms with Gasteiger partial charge in [-0.3, -0.25) is 4.79 Å². The Kier molecular flexibility index (Phi) is 4.92. The summed E-state index contributed by atoms with van der Waals surface area (Å²) in [6, 6.07) is 15.9. The zero-order valence-electron chi connectivity index (χ0n) is 15.2. The van der Waals surface area contributed by atoms with Gasteiger partial charge in [0.1, 0.15) is 0 Å². The number of fused-ring (bicyclic) bond motifs is 1. The Morgan fingerprint density at radius 3 is 2.93 bits per heavy atom. The van der Waals surface area contributed by atoms with E-state index in [4.69, 9.17) is 10.2 Å². The Morgan fingerprint density at radius 1 is 1.22 bits per heavy atom. The molecule has 1 aromatic heterocycles. The zero-order chi connectivity index (χ0) is 18.6. The van der Waals surface area contributed by atoms with Crippen molar-refractivity contribution in [1.82, 2.24) is 10.3 Å². The molecular weight excluding hydrogens is 338 g/mol. The maximum absolute atomic E-state index is 12.4. The van der Waals surface area contributed by atoms with Gasteiger partial charge in [-0.25, -0.2) is 4.98 Å². The molecule has 3 N–H and O–H groups in total. The third-order valence-electron chi connectivity index (χ3n) is 4.99. The van der Waals surface area contributed by atoms with Crippen molar-refractivity contribution in [2.24, 2.45) is 0 Å². The number of carbonyl (C=O) groups excluding carboxylic acids is 1. The number of nitrogens with two attached hydrogens (primary N) is 1. The minimum atomic E-state index is 0.0177. The molecule has 0 radical (unpaired) electrons. The first-order valence-corrected chi connectivity index (χ1v) is 9.37. The number of anilines is 1. The van der Waals surface area contributed by atoms with E-state index < -0.39 is 0 Å². The van der Waals surface area contributed by atoms with E-state index in [1.54, 1.807) is 6.20 Å². The summed E-state index contributed by atoms with van der Waals surface area (Å²) in [6.07, 6.45) is 5.59. The molecule has 1 aliphatic rings. The van der Waals surface area contributed by atoms with Crippen molar-refractivity contribution < 1.29 is 9.21 Å². The van der Waals surface area contributed by atoms with Gasteiger partial charge in [-0.2, -0.15) is 0 Å². The third kappa shape index (κ3) is 4.03. The van der Waals surface area contributed by atoms with Gasteiger partial charge in [0, 0.05) is 24.1 Å². The van der Waals surface area contributed by atoms with Crippen LogP contribution >= 0.6 is 0 Å². The highest BCUT2D eigenvalue weighted by Gasteiger charge is 2.22. The van der Waals surface area contributed by atoms with Crippen LogP contribution in [0.25, 0.3) is 11.3 Å². The summed E-state index contributed by atoms with van der Waals surface area (Å²) in [4.78, 5) is 16.7. The number of carbonyl (C=O) groups is 1. The lowest BCUT2D eigenvalue weighted by atomic mass is 9.87. The lowest BCUT2D eigenvalue weighted by Gasteiger charge is -2.26. The number of aromatic nitrogens is 1. The first-order chi connectivity index (χ1) is 13.2. The van der Waals surface area contributed by atoms with Crippen LogP contribution in [0.1, 0.15) is 42.3 Å². The number of hydrogen-bond acceptors (Lipinski definition) is 4. The van der Waals surface area contributed by atoms with Crippen LogP contribution in [-0.2, 0) is 17.6 Å². The number of hydrogen-bond donors (Lipinski definition) is 2. The largest absolute Gasteiger partial charge is 0.441 e. The quantitative estimate of drug-likeness (QED) is 0.672. The second-order valence-electron chi connectivity index (χ2n) is 6.95. The highest BCUT2D eigenvalue weighted by atomic mass is 16.4. The molecule has 27 heavy (non-hydrogen) atoms. The molecule has 0 saturated heterocycles. The second-order valence-corrected chi connectivity index (χ2v) is 6.95. The zero-order valence-corrected chi connectivity index (χ0v) is 15.2. The van der Waals surface area contributed by atoms with Gasteiger partial charge < -0.3 is 15.5 Å². The van der Waals surface area contributed by atoms with Crippen molar-refractivity contribution in [3.63, 3.8) is 0 Å². The molecular formula is C22H23N3O2. The van der Waals surface area contributed by atoms with E-state index in [0.29, 0.717) is 18.7 Å². The smallest absolute Gasteiger partial charge is 0.220 e. The van der Waals surface area contributed by atoms with Crippen molar-refractivity contribution in [2.45, 2.75) is 38.1 Å². The third-order valence-corrected chi connectivity index (χ3v) is 4.99. The van der Waals surface area contributed by atoms with Crippen LogP contribution in [0, 0.1) is 0 Å². The minimum absolute atomic E-state index is 0.0177. The van der Waals surface area contributed by atoms with Crippen LogP contribution in [0.4, 0.5) is 5.69 Å². The van der Waals surface area contributed by atoms with E-state index >= 15 is 0 Å². The summed E-state index contributed by atoms with van der Waals surface area (Å²) in [5.74, 6) is 1.33. The lowest BCUT2D eigenvalue weighted by molar-refractivity contribution is -0.122. The highest BCUT2D eigenvalue weighted by molar-refractivity contribution is 5.76. The maximum atomic E-state index is 12.4. The number of nitrogen functional groups attached to an aromatic ring is 1. The lowest BCUT2D eigenvalue weighted by Crippen LogP contribution is -2.31. The van der Waals surface area contributed by atoms with Gasteiger partial charge >= 0.3 is 0 Å². The Morgan fingerprint density at radius 2 is 2.07 bits per heavy atom. The molecule has 1 heterocycles. The van der Waals surface area contributed by atoms with Crippen molar-refractivity contribution >= 4 is 11.6 Å². The molecule has 1 atom stereocenters. The van der Waals surface area contributed by atoms with E-state index in [0.717, 1.165) is 36.3 Å². The fraction of sp³-hybridized carbons (Fsp3) is 0.273. The summed E-state index contributed by atoms with van der Waals surface area (Å²) < 4.78 is 5.77. The summed E-state index contributed by atoms with van der Waals surface area (Å²) >= 11 is 0. The van der Waals surface area contributed by atoms with Crippen LogP contribution in [0.15, 0.2) is 59.1 Å². The molecule has 0 fully saturated rings. The molecule has 1 aliphatic carbocycles. The highest BCUT2D eigenvalue weighted by Crippen LogP contribution is 2.31. The Labute approximate surface area is 158 Å². The van der Waals surface area contributed by atoms with Crippen LogP contribution in [0.2, 0.25) is 0 Å². The van der Waals surface area contributed by atoms with Crippen molar-refractivity contribution in [1.29, 1.82) is 0 Å². The SMILES string of the molecule is Nc1ccc2c(c1)CCCC2NC(=O)CCc1ncc(-c2ccccc2)o1. The topological polar surface area (TPSA) is 81.1 Å². The number of aryl methyl sites for hydroxylation is 2. The van der Waals surface area contributed by atoms with Crippen molar-refractivity contribution in [2.75, 3.05) is 5.73 Å². The number of nitrogens with zero attached hydrogens (tertiary/aromatic N) is 1.